The fraction of sp³-hybridized carbons (Fsp3) is 0.425. The SMILES string of the molecule is [C-]#[N+]c1c(C(=O)OC2C(C)CC(C)CC2C)c2nc(-c3ccccn3)nn2/c1=C/C=C/C=C1N(CCCC)c2ccccc2N1CCCC. The molecule has 9 nitrogen and oxygen atoms in total. The standard InChI is InChI=1S/C40H47N7O2/c1-7-9-23-45-31-18-11-12-19-32(31)46(24-10-8-2)34(45)21-14-13-20-33-36(41-6)35(40(48)49-37-28(4)25-27(3)26-29(37)5)39-43-38(44-47(33)39)30-17-15-16-22-42-30/h11-22,27-29,37H,7-10,23-26H2,1-5H3/b14-13+,33-20+. The molecule has 0 radical (unpaired) electrons. The maximum Gasteiger partial charge on any atom is 0.331 e. The summed E-state index contributed by atoms with van der Waals surface area (Å²) >= 11 is 0. The van der Waals surface area contributed by atoms with Crippen molar-refractivity contribution >= 4 is 34.8 Å². The Morgan fingerprint density at radius 1 is 0.939 bits per heavy atom. The van der Waals surface area contributed by atoms with Gasteiger partial charge in [0.1, 0.15) is 23.2 Å². The normalized spacial score (nSPS) is 21.1. The summed E-state index contributed by atoms with van der Waals surface area (Å²) in [5.74, 6) is 2.03. The molecule has 1 fully saturated rings. The third-order valence-electron chi connectivity index (χ3n) is 9.76. The molecule has 2 atom stereocenters. The van der Waals surface area contributed by atoms with E-state index < -0.39 is 5.97 Å². The number of anilines is 2. The Kier molecular flexibility index (Phi) is 10.4. The summed E-state index contributed by atoms with van der Waals surface area (Å²) in [5, 5.41) is 5.24. The van der Waals surface area contributed by atoms with Crippen LogP contribution in [0.25, 0.3) is 28.1 Å². The molecule has 1 aromatic carbocycles. The van der Waals surface area contributed by atoms with Crippen LogP contribution in [0.3, 0.4) is 0 Å². The average Bonchev–Trinajstić information content (AvgIpc) is 3.75. The summed E-state index contributed by atoms with van der Waals surface area (Å²) in [7, 11) is 0. The smallest absolute Gasteiger partial charge is 0.331 e. The lowest BCUT2D eigenvalue weighted by Gasteiger charge is -2.37. The summed E-state index contributed by atoms with van der Waals surface area (Å²) in [4.78, 5) is 31.8. The van der Waals surface area contributed by atoms with Gasteiger partial charge in [-0.2, -0.15) is 0 Å². The molecule has 4 heterocycles. The zero-order chi connectivity index (χ0) is 34.5. The van der Waals surface area contributed by atoms with E-state index in [4.69, 9.17) is 21.4 Å². The maximum absolute atomic E-state index is 14.0. The summed E-state index contributed by atoms with van der Waals surface area (Å²) in [6.45, 7) is 21.0. The van der Waals surface area contributed by atoms with Gasteiger partial charge in [0.15, 0.2) is 5.65 Å². The maximum atomic E-state index is 14.0. The van der Waals surface area contributed by atoms with Crippen LogP contribution in [0.4, 0.5) is 17.1 Å². The molecule has 49 heavy (non-hydrogen) atoms. The van der Waals surface area contributed by atoms with Gasteiger partial charge < -0.3 is 14.5 Å². The summed E-state index contributed by atoms with van der Waals surface area (Å²) < 4.78 is 7.80. The van der Waals surface area contributed by atoms with Gasteiger partial charge in [-0.25, -0.2) is 19.1 Å². The number of hydrogen-bond acceptors (Lipinski definition) is 7. The third-order valence-corrected chi connectivity index (χ3v) is 9.76. The quantitative estimate of drug-likeness (QED) is 0.118. The predicted octanol–water partition coefficient (Wildman–Crippen LogP) is 8.39. The van der Waals surface area contributed by atoms with E-state index in [1.807, 2.05) is 36.4 Å². The van der Waals surface area contributed by atoms with Crippen molar-refractivity contribution in [2.45, 2.75) is 79.2 Å². The Bertz CT molecular complexity index is 1890. The highest BCUT2D eigenvalue weighted by Gasteiger charge is 2.36. The van der Waals surface area contributed by atoms with Crippen LogP contribution in [0.15, 0.2) is 72.7 Å². The minimum atomic E-state index is -0.526. The number of esters is 1. The summed E-state index contributed by atoms with van der Waals surface area (Å²) in [5.41, 5.74) is 3.70. The van der Waals surface area contributed by atoms with Crippen molar-refractivity contribution in [2.75, 3.05) is 22.9 Å². The molecule has 254 valence electrons. The van der Waals surface area contributed by atoms with Gasteiger partial charge in [-0.1, -0.05) is 77.8 Å². The minimum Gasteiger partial charge on any atom is -0.459 e. The number of para-hydroxylation sites is 2. The fourth-order valence-electron chi connectivity index (χ4n) is 7.52. The van der Waals surface area contributed by atoms with E-state index in [1.54, 1.807) is 10.7 Å². The number of allylic oxidation sites excluding steroid dienone is 3. The van der Waals surface area contributed by atoms with Crippen LogP contribution in [0.1, 0.15) is 83.5 Å². The molecular formula is C40H47N7O2. The van der Waals surface area contributed by atoms with Crippen LogP contribution in [-0.2, 0) is 4.74 Å². The second-order valence-corrected chi connectivity index (χ2v) is 13.6. The Balaban J connectivity index is 1.41. The molecular weight excluding hydrogens is 610 g/mol. The lowest BCUT2D eigenvalue weighted by molar-refractivity contribution is -0.0249. The molecule has 0 bridgehead atoms. The number of pyridine rings is 1. The fourth-order valence-corrected chi connectivity index (χ4v) is 7.52. The number of ether oxygens (including phenoxy) is 1. The molecule has 2 aliphatic rings. The van der Waals surface area contributed by atoms with Crippen molar-refractivity contribution in [3.05, 3.63) is 95.0 Å². The van der Waals surface area contributed by atoms with Gasteiger partial charge >= 0.3 is 5.97 Å². The van der Waals surface area contributed by atoms with Gasteiger partial charge in [0.2, 0.25) is 11.5 Å². The lowest BCUT2D eigenvalue weighted by atomic mass is 9.75. The highest BCUT2D eigenvalue weighted by Crippen LogP contribution is 2.42. The van der Waals surface area contributed by atoms with E-state index in [9.17, 15) is 4.79 Å². The first-order chi connectivity index (χ1) is 23.9. The predicted molar refractivity (Wildman–Crippen MR) is 196 cm³/mol. The second-order valence-electron chi connectivity index (χ2n) is 13.6. The largest absolute Gasteiger partial charge is 0.459 e. The number of carbonyl (C=O) groups excluding carboxylic acids is 1. The molecule has 6 rings (SSSR count). The number of hydrogen-bond donors (Lipinski definition) is 0. The van der Waals surface area contributed by atoms with Crippen LogP contribution in [-0.4, -0.2) is 44.7 Å². The molecule has 0 spiro atoms. The number of aromatic nitrogens is 4. The molecule has 0 amide bonds. The van der Waals surface area contributed by atoms with Gasteiger partial charge in [0.05, 0.1) is 23.3 Å². The summed E-state index contributed by atoms with van der Waals surface area (Å²) in [6, 6.07) is 14.1. The molecule has 0 saturated heterocycles. The number of rotatable bonds is 11. The first kappa shape index (κ1) is 33.9. The number of carbonyl (C=O) groups is 1. The molecule has 2 unspecified atom stereocenters. The lowest BCUT2D eigenvalue weighted by Crippen LogP contribution is -2.37. The van der Waals surface area contributed by atoms with Crippen molar-refractivity contribution < 1.29 is 9.53 Å². The van der Waals surface area contributed by atoms with Crippen molar-refractivity contribution in [2.24, 2.45) is 17.8 Å². The van der Waals surface area contributed by atoms with E-state index in [1.165, 1.54) is 11.4 Å². The van der Waals surface area contributed by atoms with E-state index in [0.717, 1.165) is 57.4 Å². The van der Waals surface area contributed by atoms with Gasteiger partial charge in [0.25, 0.3) is 0 Å². The van der Waals surface area contributed by atoms with Gasteiger partial charge in [0, 0.05) is 19.3 Å². The van der Waals surface area contributed by atoms with E-state index in [2.05, 4.69) is 84.6 Å². The zero-order valence-electron chi connectivity index (χ0n) is 29.3. The Morgan fingerprint density at radius 3 is 2.16 bits per heavy atom. The third kappa shape index (κ3) is 6.82. The van der Waals surface area contributed by atoms with Crippen LogP contribution >= 0.6 is 0 Å². The average molecular weight is 658 g/mol. The molecule has 1 aliphatic carbocycles. The molecule has 1 aliphatic heterocycles. The molecule has 1 saturated carbocycles. The first-order valence-corrected chi connectivity index (χ1v) is 17.8. The van der Waals surface area contributed by atoms with E-state index in [-0.39, 0.29) is 29.2 Å². The van der Waals surface area contributed by atoms with Crippen LogP contribution < -0.4 is 15.1 Å². The van der Waals surface area contributed by atoms with Crippen LogP contribution in [0.2, 0.25) is 0 Å². The van der Waals surface area contributed by atoms with E-state index >= 15 is 0 Å². The number of fused-ring (bicyclic) bond motifs is 2. The van der Waals surface area contributed by atoms with Gasteiger partial charge in [-0.3, -0.25) is 4.98 Å². The van der Waals surface area contributed by atoms with E-state index in [0.29, 0.717) is 28.4 Å². The van der Waals surface area contributed by atoms with Crippen molar-refractivity contribution in [1.29, 1.82) is 0 Å². The number of benzene rings is 1. The highest BCUT2D eigenvalue weighted by atomic mass is 16.5. The highest BCUT2D eigenvalue weighted by molar-refractivity contribution is 6.03. The zero-order valence-corrected chi connectivity index (χ0v) is 29.3. The molecule has 3 aromatic heterocycles. The first-order valence-electron chi connectivity index (χ1n) is 17.8. The molecule has 4 aromatic rings. The Morgan fingerprint density at radius 2 is 1.57 bits per heavy atom. The van der Waals surface area contributed by atoms with Gasteiger partial charge in [-0.15, -0.1) is 5.10 Å². The van der Waals surface area contributed by atoms with Crippen molar-refractivity contribution in [3.8, 4) is 11.5 Å². The van der Waals surface area contributed by atoms with Crippen LogP contribution in [0.5, 0.6) is 0 Å². The monoisotopic (exact) mass is 657 g/mol. The second kappa shape index (κ2) is 15.1. The minimum absolute atomic E-state index is 0.156. The Hall–Kier alpha value is -4.97. The summed E-state index contributed by atoms with van der Waals surface area (Å²) in [6.07, 6.45) is 15.8. The number of nitrogens with zero attached hydrogens (tertiary/aromatic N) is 7. The topological polar surface area (TPSA) is 80.2 Å². The number of unbranched alkanes of at least 4 members (excludes halogenated alkanes) is 2. The van der Waals surface area contributed by atoms with Gasteiger partial charge in [-0.05, 0) is 79.9 Å². The molecule has 0 N–H and O–H groups in total. The van der Waals surface area contributed by atoms with Crippen molar-refractivity contribution in [3.63, 3.8) is 0 Å². The van der Waals surface area contributed by atoms with Crippen LogP contribution in [0, 0.1) is 24.3 Å². The Labute approximate surface area is 289 Å². The van der Waals surface area contributed by atoms with Crippen molar-refractivity contribution in [1.82, 2.24) is 19.6 Å². The molecule has 9 heteroatoms.